The van der Waals surface area contributed by atoms with Crippen LogP contribution in [0.2, 0.25) is 0 Å². The van der Waals surface area contributed by atoms with E-state index in [0.29, 0.717) is 0 Å². The van der Waals surface area contributed by atoms with E-state index in [4.69, 9.17) is 10.5 Å². The Morgan fingerprint density at radius 3 is 3.06 bits per heavy atom. The van der Waals surface area contributed by atoms with Crippen LogP contribution < -0.4 is 5.73 Å². The van der Waals surface area contributed by atoms with Gasteiger partial charge in [0.25, 0.3) is 0 Å². The topological polar surface area (TPSA) is 48.1 Å². The van der Waals surface area contributed by atoms with E-state index in [-0.39, 0.29) is 6.04 Å². The molecule has 2 aromatic rings. The molecule has 90 valence electrons. The summed E-state index contributed by atoms with van der Waals surface area (Å²) in [4.78, 5) is 4.17. The number of benzene rings is 1. The van der Waals surface area contributed by atoms with E-state index >= 15 is 0 Å². The monoisotopic (exact) mass is 230 g/mol. The van der Waals surface area contributed by atoms with Gasteiger partial charge in [0.15, 0.2) is 0 Å². The van der Waals surface area contributed by atoms with E-state index in [2.05, 4.69) is 17.1 Å². The minimum atomic E-state index is 0.0537. The van der Waals surface area contributed by atoms with Crippen molar-refractivity contribution in [3.05, 3.63) is 42.2 Å². The van der Waals surface area contributed by atoms with Crippen LogP contribution >= 0.6 is 0 Å². The van der Waals surface area contributed by atoms with Gasteiger partial charge in [-0.2, -0.15) is 0 Å². The van der Waals surface area contributed by atoms with Gasteiger partial charge in [-0.15, -0.1) is 0 Å². The molecule has 2 N–H and O–H groups in total. The number of fused-ring (bicyclic) bond motifs is 1. The van der Waals surface area contributed by atoms with Gasteiger partial charge in [-0.25, -0.2) is 0 Å². The molecule has 1 unspecified atom stereocenters. The zero-order valence-electron chi connectivity index (χ0n) is 10.1. The highest BCUT2D eigenvalue weighted by Gasteiger charge is 2.09. The van der Waals surface area contributed by atoms with Crippen molar-refractivity contribution in [1.82, 2.24) is 4.98 Å². The number of nitrogens with zero attached hydrogens (tertiary/aromatic N) is 1. The SMILES string of the molecule is COCCCC(N)c1cccc2ccncc12. The van der Waals surface area contributed by atoms with E-state index in [0.717, 1.165) is 24.8 Å². The maximum Gasteiger partial charge on any atom is 0.0462 e. The number of hydrogen-bond acceptors (Lipinski definition) is 3. The van der Waals surface area contributed by atoms with Crippen molar-refractivity contribution in [2.24, 2.45) is 5.73 Å². The van der Waals surface area contributed by atoms with Gasteiger partial charge < -0.3 is 10.5 Å². The van der Waals surface area contributed by atoms with Crippen molar-refractivity contribution < 1.29 is 4.74 Å². The Bertz CT molecular complexity index is 479. The summed E-state index contributed by atoms with van der Waals surface area (Å²) in [5, 5.41) is 2.35. The molecule has 2 rings (SSSR count). The second-order valence-electron chi connectivity index (χ2n) is 4.19. The molecule has 0 saturated carbocycles. The van der Waals surface area contributed by atoms with Crippen LogP contribution in [0.15, 0.2) is 36.7 Å². The van der Waals surface area contributed by atoms with E-state index in [1.165, 1.54) is 10.9 Å². The highest BCUT2D eigenvalue weighted by Crippen LogP contribution is 2.24. The van der Waals surface area contributed by atoms with Crippen LogP contribution in [-0.4, -0.2) is 18.7 Å². The lowest BCUT2D eigenvalue weighted by atomic mass is 9.98. The average molecular weight is 230 g/mol. The van der Waals surface area contributed by atoms with Crippen LogP contribution in [0.5, 0.6) is 0 Å². The number of nitrogens with two attached hydrogens (primary N) is 1. The second-order valence-corrected chi connectivity index (χ2v) is 4.19. The van der Waals surface area contributed by atoms with Crippen LogP contribution in [0.25, 0.3) is 10.8 Å². The molecule has 0 fully saturated rings. The molecular formula is C14H18N2O. The molecular weight excluding hydrogens is 212 g/mol. The fourth-order valence-electron chi connectivity index (χ4n) is 2.06. The first-order chi connectivity index (χ1) is 8.33. The zero-order chi connectivity index (χ0) is 12.1. The summed E-state index contributed by atoms with van der Waals surface area (Å²) >= 11 is 0. The van der Waals surface area contributed by atoms with Crippen LogP contribution in [0, 0.1) is 0 Å². The van der Waals surface area contributed by atoms with Gasteiger partial charge in [-0.3, -0.25) is 4.98 Å². The summed E-state index contributed by atoms with van der Waals surface area (Å²) in [6.07, 6.45) is 5.61. The molecule has 0 spiro atoms. The third-order valence-electron chi connectivity index (χ3n) is 2.98. The van der Waals surface area contributed by atoms with E-state index in [1.54, 1.807) is 7.11 Å². The number of ether oxygens (including phenoxy) is 1. The number of rotatable bonds is 5. The third kappa shape index (κ3) is 2.81. The largest absolute Gasteiger partial charge is 0.385 e. The molecule has 0 bridgehead atoms. The summed E-state index contributed by atoms with van der Waals surface area (Å²) < 4.78 is 5.05. The van der Waals surface area contributed by atoms with Gasteiger partial charge in [0.2, 0.25) is 0 Å². The number of hydrogen-bond donors (Lipinski definition) is 1. The van der Waals surface area contributed by atoms with Crippen molar-refractivity contribution in [3.63, 3.8) is 0 Å². The first-order valence-electron chi connectivity index (χ1n) is 5.90. The fourth-order valence-corrected chi connectivity index (χ4v) is 2.06. The molecule has 17 heavy (non-hydrogen) atoms. The predicted octanol–water partition coefficient (Wildman–Crippen LogP) is 2.66. The first-order valence-corrected chi connectivity index (χ1v) is 5.90. The van der Waals surface area contributed by atoms with Crippen molar-refractivity contribution in [2.75, 3.05) is 13.7 Å². The zero-order valence-corrected chi connectivity index (χ0v) is 10.1. The lowest BCUT2D eigenvalue weighted by molar-refractivity contribution is 0.190. The molecule has 0 radical (unpaired) electrons. The van der Waals surface area contributed by atoms with E-state index < -0.39 is 0 Å². The lowest BCUT2D eigenvalue weighted by Gasteiger charge is -2.14. The second kappa shape index (κ2) is 5.75. The molecule has 3 heteroatoms. The number of pyridine rings is 1. The molecule has 0 saturated heterocycles. The van der Waals surface area contributed by atoms with Crippen molar-refractivity contribution in [1.29, 1.82) is 0 Å². The smallest absolute Gasteiger partial charge is 0.0462 e. The molecule has 1 aromatic heterocycles. The van der Waals surface area contributed by atoms with E-state index in [9.17, 15) is 0 Å². The Balaban J connectivity index is 2.22. The van der Waals surface area contributed by atoms with Gasteiger partial charge >= 0.3 is 0 Å². The van der Waals surface area contributed by atoms with Gasteiger partial charge in [0, 0.05) is 37.5 Å². The quantitative estimate of drug-likeness (QED) is 0.803. The molecule has 0 amide bonds. The standard InChI is InChI=1S/C14H18N2O/c1-17-9-3-6-14(15)12-5-2-4-11-7-8-16-10-13(11)12/h2,4-5,7-8,10,14H,3,6,9,15H2,1H3. The van der Waals surface area contributed by atoms with Crippen molar-refractivity contribution in [3.8, 4) is 0 Å². The number of aromatic nitrogens is 1. The summed E-state index contributed by atoms with van der Waals surface area (Å²) in [5.41, 5.74) is 7.39. The Kier molecular flexibility index (Phi) is 4.07. The third-order valence-corrected chi connectivity index (χ3v) is 2.98. The van der Waals surface area contributed by atoms with Crippen LogP contribution in [-0.2, 0) is 4.74 Å². The highest BCUT2D eigenvalue weighted by atomic mass is 16.5. The number of methoxy groups -OCH3 is 1. The Hall–Kier alpha value is -1.45. The Morgan fingerprint density at radius 1 is 1.35 bits per heavy atom. The molecule has 0 aliphatic rings. The molecule has 1 atom stereocenters. The minimum absolute atomic E-state index is 0.0537. The summed E-state index contributed by atoms with van der Waals surface area (Å²) in [7, 11) is 1.72. The summed E-state index contributed by atoms with van der Waals surface area (Å²) in [6, 6.07) is 8.29. The summed E-state index contributed by atoms with van der Waals surface area (Å²) in [5.74, 6) is 0. The molecule has 0 aliphatic heterocycles. The van der Waals surface area contributed by atoms with Crippen LogP contribution in [0.4, 0.5) is 0 Å². The van der Waals surface area contributed by atoms with Gasteiger partial charge in [-0.05, 0) is 29.9 Å². The molecule has 3 nitrogen and oxygen atoms in total. The minimum Gasteiger partial charge on any atom is -0.385 e. The molecule has 1 heterocycles. The maximum atomic E-state index is 6.22. The normalized spacial score (nSPS) is 12.8. The fraction of sp³-hybridized carbons (Fsp3) is 0.357. The first kappa shape index (κ1) is 12.0. The molecule has 0 aliphatic carbocycles. The maximum absolute atomic E-state index is 6.22. The van der Waals surface area contributed by atoms with Crippen LogP contribution in [0.3, 0.4) is 0 Å². The van der Waals surface area contributed by atoms with Gasteiger partial charge in [0.1, 0.15) is 0 Å². The van der Waals surface area contributed by atoms with Gasteiger partial charge in [-0.1, -0.05) is 18.2 Å². The highest BCUT2D eigenvalue weighted by molar-refractivity contribution is 5.85. The van der Waals surface area contributed by atoms with Crippen molar-refractivity contribution in [2.45, 2.75) is 18.9 Å². The Morgan fingerprint density at radius 2 is 2.24 bits per heavy atom. The molecule has 1 aromatic carbocycles. The van der Waals surface area contributed by atoms with Gasteiger partial charge in [0.05, 0.1) is 0 Å². The Labute approximate surface area is 102 Å². The lowest BCUT2D eigenvalue weighted by Crippen LogP contribution is -2.11. The van der Waals surface area contributed by atoms with Crippen LogP contribution in [0.1, 0.15) is 24.4 Å². The summed E-state index contributed by atoms with van der Waals surface area (Å²) in [6.45, 7) is 0.761. The predicted molar refractivity (Wildman–Crippen MR) is 69.8 cm³/mol. The average Bonchev–Trinajstić information content (AvgIpc) is 2.38. The van der Waals surface area contributed by atoms with Crippen molar-refractivity contribution >= 4 is 10.8 Å². The van der Waals surface area contributed by atoms with E-state index in [1.807, 2.05) is 24.5 Å².